The average molecular weight is 396 g/mol. The quantitative estimate of drug-likeness (QED) is 0.559. The standard InChI is InChI=1S/C21H29NO2S.ClH/c1-2-23-21-14-17(15-22-18-8-5-3-4-6-9-18)11-12-20(21)24-16-19-10-7-13-25-19;/h7,10-14,18,22H,2-6,8-9,15-16H2,1H3;1H. The third-order valence-corrected chi connectivity index (χ3v) is 5.56. The van der Waals surface area contributed by atoms with Crippen LogP contribution in [0.5, 0.6) is 11.5 Å². The van der Waals surface area contributed by atoms with E-state index in [4.69, 9.17) is 9.47 Å². The fourth-order valence-electron chi connectivity index (χ4n) is 3.34. The van der Waals surface area contributed by atoms with Crippen molar-refractivity contribution in [3.8, 4) is 11.5 Å². The van der Waals surface area contributed by atoms with Crippen molar-refractivity contribution >= 4 is 23.7 Å². The first-order valence-corrected chi connectivity index (χ1v) is 10.4. The van der Waals surface area contributed by atoms with Gasteiger partial charge in [0.2, 0.25) is 0 Å². The molecule has 1 aliphatic rings. The van der Waals surface area contributed by atoms with E-state index in [-0.39, 0.29) is 12.4 Å². The number of rotatable bonds is 8. The molecule has 0 unspecified atom stereocenters. The first-order chi connectivity index (χ1) is 12.3. The van der Waals surface area contributed by atoms with Crippen LogP contribution in [0.15, 0.2) is 35.7 Å². The van der Waals surface area contributed by atoms with Crippen molar-refractivity contribution < 1.29 is 9.47 Å². The summed E-state index contributed by atoms with van der Waals surface area (Å²) < 4.78 is 11.8. The van der Waals surface area contributed by atoms with E-state index in [1.165, 1.54) is 49.0 Å². The van der Waals surface area contributed by atoms with E-state index in [1.807, 2.05) is 13.0 Å². The summed E-state index contributed by atoms with van der Waals surface area (Å²) in [6.45, 7) is 4.15. The summed E-state index contributed by atoms with van der Waals surface area (Å²) in [6.07, 6.45) is 8.11. The Labute approximate surface area is 167 Å². The second-order valence-electron chi connectivity index (χ2n) is 6.65. The Morgan fingerprint density at radius 1 is 1.04 bits per heavy atom. The maximum atomic E-state index is 5.97. The second kappa shape index (κ2) is 11.5. The highest BCUT2D eigenvalue weighted by Crippen LogP contribution is 2.30. The molecule has 1 aromatic carbocycles. The summed E-state index contributed by atoms with van der Waals surface area (Å²) in [5.41, 5.74) is 1.26. The van der Waals surface area contributed by atoms with Crippen LogP contribution in [0.2, 0.25) is 0 Å². The number of thiophene rings is 1. The fourth-order valence-corrected chi connectivity index (χ4v) is 3.96. The monoisotopic (exact) mass is 395 g/mol. The molecule has 2 aromatic rings. The van der Waals surface area contributed by atoms with Crippen molar-refractivity contribution in [3.05, 3.63) is 46.2 Å². The third-order valence-electron chi connectivity index (χ3n) is 4.71. The summed E-state index contributed by atoms with van der Waals surface area (Å²) in [7, 11) is 0. The molecular weight excluding hydrogens is 366 g/mol. The third kappa shape index (κ3) is 6.49. The van der Waals surface area contributed by atoms with Gasteiger partial charge in [-0.15, -0.1) is 23.7 Å². The largest absolute Gasteiger partial charge is 0.490 e. The van der Waals surface area contributed by atoms with Gasteiger partial charge >= 0.3 is 0 Å². The minimum atomic E-state index is 0. The predicted octanol–water partition coefficient (Wildman–Crippen LogP) is 5.96. The van der Waals surface area contributed by atoms with Crippen LogP contribution in [0.25, 0.3) is 0 Å². The highest BCUT2D eigenvalue weighted by Gasteiger charge is 2.12. The summed E-state index contributed by atoms with van der Waals surface area (Å²) in [4.78, 5) is 1.22. The lowest BCUT2D eigenvalue weighted by Crippen LogP contribution is -2.27. The number of ether oxygens (including phenoxy) is 2. The van der Waals surface area contributed by atoms with Gasteiger partial charge in [0.05, 0.1) is 6.61 Å². The Morgan fingerprint density at radius 3 is 2.54 bits per heavy atom. The molecule has 1 saturated carbocycles. The predicted molar refractivity (Wildman–Crippen MR) is 112 cm³/mol. The molecule has 26 heavy (non-hydrogen) atoms. The van der Waals surface area contributed by atoms with E-state index in [2.05, 4.69) is 35.0 Å². The molecule has 0 aliphatic heterocycles. The Bertz CT molecular complexity index is 625. The van der Waals surface area contributed by atoms with Gasteiger partial charge in [-0.2, -0.15) is 0 Å². The van der Waals surface area contributed by atoms with Crippen molar-refractivity contribution in [2.75, 3.05) is 6.61 Å². The molecule has 3 rings (SSSR count). The van der Waals surface area contributed by atoms with Crippen LogP contribution in [0, 0.1) is 0 Å². The van der Waals surface area contributed by atoms with E-state index in [0.717, 1.165) is 18.0 Å². The average Bonchev–Trinajstić information content (AvgIpc) is 3.01. The molecule has 1 aliphatic carbocycles. The van der Waals surface area contributed by atoms with Gasteiger partial charge in [0.25, 0.3) is 0 Å². The zero-order valence-electron chi connectivity index (χ0n) is 15.5. The number of benzene rings is 1. The van der Waals surface area contributed by atoms with Crippen molar-refractivity contribution in [3.63, 3.8) is 0 Å². The van der Waals surface area contributed by atoms with Gasteiger partial charge in [0.15, 0.2) is 11.5 Å². The van der Waals surface area contributed by atoms with Crippen LogP contribution < -0.4 is 14.8 Å². The molecule has 0 radical (unpaired) electrons. The molecule has 3 nitrogen and oxygen atoms in total. The summed E-state index contributed by atoms with van der Waals surface area (Å²) in [5, 5.41) is 5.80. The molecule has 1 fully saturated rings. The van der Waals surface area contributed by atoms with Gasteiger partial charge in [-0.1, -0.05) is 37.8 Å². The maximum Gasteiger partial charge on any atom is 0.161 e. The van der Waals surface area contributed by atoms with Gasteiger partial charge in [-0.3, -0.25) is 0 Å². The van der Waals surface area contributed by atoms with E-state index >= 15 is 0 Å². The van der Waals surface area contributed by atoms with Crippen LogP contribution >= 0.6 is 23.7 Å². The highest BCUT2D eigenvalue weighted by molar-refractivity contribution is 7.09. The molecule has 1 heterocycles. The van der Waals surface area contributed by atoms with Crippen LogP contribution in [-0.2, 0) is 13.2 Å². The van der Waals surface area contributed by atoms with Crippen molar-refractivity contribution in [2.24, 2.45) is 0 Å². The summed E-state index contributed by atoms with van der Waals surface area (Å²) in [5.74, 6) is 1.67. The lowest BCUT2D eigenvalue weighted by Gasteiger charge is -2.17. The number of hydrogen-bond acceptors (Lipinski definition) is 4. The van der Waals surface area contributed by atoms with Gasteiger partial charge in [0.1, 0.15) is 6.61 Å². The zero-order valence-corrected chi connectivity index (χ0v) is 17.2. The molecule has 1 aromatic heterocycles. The normalized spacial score (nSPS) is 15.1. The van der Waals surface area contributed by atoms with Gasteiger partial charge < -0.3 is 14.8 Å². The SMILES string of the molecule is CCOc1cc(CNC2CCCCCC2)ccc1OCc1cccs1.Cl. The van der Waals surface area contributed by atoms with Crippen molar-refractivity contribution in [1.29, 1.82) is 0 Å². The highest BCUT2D eigenvalue weighted by atomic mass is 35.5. The molecule has 1 N–H and O–H groups in total. The second-order valence-corrected chi connectivity index (χ2v) is 7.68. The smallest absolute Gasteiger partial charge is 0.161 e. The molecule has 0 amide bonds. The number of nitrogens with one attached hydrogen (secondary N) is 1. The molecule has 5 heteroatoms. The Balaban J connectivity index is 0.00000243. The van der Waals surface area contributed by atoms with E-state index in [0.29, 0.717) is 19.3 Å². The van der Waals surface area contributed by atoms with Gasteiger partial charge in [-0.25, -0.2) is 0 Å². The van der Waals surface area contributed by atoms with Crippen molar-refractivity contribution in [2.45, 2.75) is 64.6 Å². The minimum Gasteiger partial charge on any atom is -0.490 e. The van der Waals surface area contributed by atoms with Gasteiger partial charge in [0, 0.05) is 17.5 Å². The van der Waals surface area contributed by atoms with Gasteiger partial charge in [-0.05, 0) is 48.9 Å². The van der Waals surface area contributed by atoms with Crippen LogP contribution in [0.3, 0.4) is 0 Å². The van der Waals surface area contributed by atoms with Crippen LogP contribution in [0.1, 0.15) is 55.9 Å². The Kier molecular flexibility index (Phi) is 9.30. The molecule has 0 atom stereocenters. The first kappa shape index (κ1) is 21.1. The van der Waals surface area contributed by atoms with E-state index < -0.39 is 0 Å². The van der Waals surface area contributed by atoms with E-state index in [9.17, 15) is 0 Å². The molecule has 144 valence electrons. The Hall–Kier alpha value is -1.23. The number of hydrogen-bond donors (Lipinski definition) is 1. The maximum absolute atomic E-state index is 5.97. The number of halogens is 1. The first-order valence-electron chi connectivity index (χ1n) is 9.49. The summed E-state index contributed by atoms with van der Waals surface area (Å²) in [6, 6.07) is 11.1. The molecule has 0 saturated heterocycles. The molecular formula is C21H30ClNO2S. The molecule has 0 bridgehead atoms. The van der Waals surface area contributed by atoms with Crippen LogP contribution in [0.4, 0.5) is 0 Å². The lowest BCUT2D eigenvalue weighted by atomic mass is 10.1. The zero-order chi connectivity index (χ0) is 17.3. The summed E-state index contributed by atoms with van der Waals surface area (Å²) >= 11 is 1.71. The fraction of sp³-hybridized carbons (Fsp3) is 0.524. The van der Waals surface area contributed by atoms with Crippen molar-refractivity contribution in [1.82, 2.24) is 5.32 Å². The van der Waals surface area contributed by atoms with E-state index in [1.54, 1.807) is 11.3 Å². The topological polar surface area (TPSA) is 30.5 Å². The minimum absolute atomic E-state index is 0. The lowest BCUT2D eigenvalue weighted by molar-refractivity contribution is 0.271. The Morgan fingerprint density at radius 2 is 1.85 bits per heavy atom. The van der Waals surface area contributed by atoms with Crippen LogP contribution in [-0.4, -0.2) is 12.6 Å². The molecule has 0 spiro atoms.